The number of fused-ring (bicyclic) bond motifs is 1. The molecule has 0 spiro atoms. The van der Waals surface area contributed by atoms with Crippen LogP contribution in [0.25, 0.3) is 11.0 Å². The van der Waals surface area contributed by atoms with E-state index in [1.165, 1.54) is 51.3 Å². The summed E-state index contributed by atoms with van der Waals surface area (Å²) < 4.78 is 0. The molecule has 46 heavy (non-hydrogen) atoms. The summed E-state index contributed by atoms with van der Waals surface area (Å²) in [6, 6.07) is 5.32. The van der Waals surface area contributed by atoms with Gasteiger partial charge in [0.15, 0.2) is 11.6 Å². The summed E-state index contributed by atoms with van der Waals surface area (Å²) in [6.07, 6.45) is 6.83. The molecule has 1 aromatic carbocycles. The van der Waals surface area contributed by atoms with Crippen molar-refractivity contribution in [1.82, 2.24) is 35.1 Å². The van der Waals surface area contributed by atoms with Crippen molar-refractivity contribution >= 4 is 46.0 Å². The molecule has 2 aromatic heterocycles. The largest absolute Gasteiger partial charge is 0.401 e. The molecular weight excluding hydrogens is 580 g/mol. The Morgan fingerprint density at radius 2 is 1.67 bits per heavy atom. The summed E-state index contributed by atoms with van der Waals surface area (Å²) in [5.41, 5.74) is 9.48. The van der Waals surface area contributed by atoms with Gasteiger partial charge in [0.25, 0.3) is 5.91 Å². The van der Waals surface area contributed by atoms with Crippen LogP contribution in [-0.4, -0.2) is 101 Å². The molecule has 246 valence electrons. The predicted octanol–water partition coefficient (Wildman–Crippen LogP) is 3.72. The highest BCUT2D eigenvalue weighted by Crippen LogP contribution is 2.29. The fourth-order valence-electron chi connectivity index (χ4n) is 5.67. The van der Waals surface area contributed by atoms with E-state index >= 15 is 0 Å². The first kappa shape index (κ1) is 33.0. The van der Waals surface area contributed by atoms with Crippen molar-refractivity contribution in [2.75, 3.05) is 74.9 Å². The van der Waals surface area contributed by atoms with E-state index in [1.54, 1.807) is 12.1 Å². The molecule has 2 aliphatic rings. The molecule has 5 rings (SSSR count). The summed E-state index contributed by atoms with van der Waals surface area (Å²) in [6.45, 7) is 16.2. The summed E-state index contributed by atoms with van der Waals surface area (Å²) >= 11 is 0. The van der Waals surface area contributed by atoms with E-state index in [0.717, 1.165) is 38.3 Å². The zero-order valence-electron chi connectivity index (χ0n) is 27.8. The van der Waals surface area contributed by atoms with Crippen LogP contribution in [0.1, 0.15) is 56.0 Å². The van der Waals surface area contributed by atoms with Crippen molar-refractivity contribution in [2.24, 2.45) is 11.1 Å². The standard InChI is InChI=1S/C33H48N12O/c1-22-9-10-23(31(46)40-26(35)20-25(34)33(2,3)4)19-24(22)39-30-28-27(37-21-38-30)29(36-5)42-32(41-28)45-17-15-44(16-18-45)14-8-13-43-11-6-7-12-43/h9-10,19-21H,6-8,11-18,34H2,1-5H3,(H2,35,40,46)(H,36,41,42)(H,37,38,39). The average molecular weight is 629 g/mol. The first-order valence-corrected chi connectivity index (χ1v) is 16.2. The lowest BCUT2D eigenvalue weighted by Gasteiger charge is -2.35. The van der Waals surface area contributed by atoms with Gasteiger partial charge in [-0.25, -0.2) is 15.0 Å². The number of hydrogen-bond acceptors (Lipinski definition) is 12. The van der Waals surface area contributed by atoms with Crippen molar-refractivity contribution in [3.05, 3.63) is 47.4 Å². The fourth-order valence-corrected chi connectivity index (χ4v) is 5.67. The van der Waals surface area contributed by atoms with Gasteiger partial charge in [0.05, 0.1) is 0 Å². The van der Waals surface area contributed by atoms with E-state index in [0.29, 0.717) is 45.6 Å². The van der Waals surface area contributed by atoms with Crippen molar-refractivity contribution in [3.8, 4) is 0 Å². The average Bonchev–Trinajstić information content (AvgIpc) is 3.55. The summed E-state index contributed by atoms with van der Waals surface area (Å²) in [5.74, 6) is 1.30. The highest BCUT2D eigenvalue weighted by Gasteiger charge is 2.23. The van der Waals surface area contributed by atoms with Crippen LogP contribution in [0.3, 0.4) is 0 Å². The maximum atomic E-state index is 13.0. The molecule has 0 saturated carbocycles. The number of aromatic nitrogens is 4. The minimum atomic E-state index is -0.407. The number of carbonyl (C=O) groups is 1. The van der Waals surface area contributed by atoms with Crippen molar-refractivity contribution in [2.45, 2.75) is 47.0 Å². The SMILES string of the molecule is CNc1nc(N2CCN(CCCN3CCCC3)CC2)nc2c(Nc3cc(C(=O)NC(=N)C=C(N)C(C)(C)C)ccc3C)ncnc12. The van der Waals surface area contributed by atoms with Gasteiger partial charge < -0.3 is 31.5 Å². The number of nitrogens with zero attached hydrogens (tertiary/aromatic N) is 7. The smallest absolute Gasteiger partial charge is 0.256 e. The van der Waals surface area contributed by atoms with E-state index in [4.69, 9.17) is 21.1 Å². The molecule has 13 heteroatoms. The third kappa shape index (κ3) is 8.07. The number of nitrogens with two attached hydrogens (primary N) is 1. The van der Waals surface area contributed by atoms with Crippen LogP contribution in [0.15, 0.2) is 36.3 Å². The van der Waals surface area contributed by atoms with E-state index in [1.807, 2.05) is 40.8 Å². The highest BCUT2D eigenvalue weighted by atomic mass is 16.1. The minimum absolute atomic E-state index is 0.0685. The number of hydrogen-bond donors (Lipinski definition) is 5. The molecule has 13 nitrogen and oxygen atoms in total. The number of anilines is 4. The van der Waals surface area contributed by atoms with Gasteiger partial charge in [-0.2, -0.15) is 4.98 Å². The normalized spacial score (nSPS) is 16.5. The Morgan fingerprint density at radius 1 is 0.978 bits per heavy atom. The molecule has 2 fully saturated rings. The fraction of sp³-hybridized carbons (Fsp3) is 0.515. The molecule has 1 amide bonds. The first-order chi connectivity index (χ1) is 22.0. The zero-order valence-corrected chi connectivity index (χ0v) is 27.8. The Morgan fingerprint density at radius 3 is 2.35 bits per heavy atom. The molecule has 2 saturated heterocycles. The molecule has 0 bridgehead atoms. The molecule has 6 N–H and O–H groups in total. The lowest BCUT2D eigenvalue weighted by molar-refractivity contribution is 0.0977. The van der Waals surface area contributed by atoms with Crippen LogP contribution in [0.4, 0.5) is 23.3 Å². The second kappa shape index (κ2) is 14.4. The lowest BCUT2D eigenvalue weighted by Crippen LogP contribution is -2.47. The summed E-state index contributed by atoms with van der Waals surface area (Å²) in [4.78, 5) is 39.2. The number of aryl methyl sites for hydroxylation is 1. The summed E-state index contributed by atoms with van der Waals surface area (Å²) in [7, 11) is 1.83. The topological polar surface area (TPSA) is 164 Å². The monoisotopic (exact) mass is 628 g/mol. The van der Waals surface area contributed by atoms with Gasteiger partial charge >= 0.3 is 0 Å². The lowest BCUT2D eigenvalue weighted by atomic mass is 9.92. The van der Waals surface area contributed by atoms with Gasteiger partial charge in [0.1, 0.15) is 23.2 Å². The Balaban J connectivity index is 1.31. The van der Waals surface area contributed by atoms with Crippen LogP contribution in [-0.2, 0) is 0 Å². The Kier molecular flexibility index (Phi) is 10.3. The van der Waals surface area contributed by atoms with Crippen molar-refractivity contribution < 1.29 is 4.79 Å². The number of piperazine rings is 1. The van der Waals surface area contributed by atoms with Gasteiger partial charge in [0, 0.05) is 55.6 Å². The molecule has 2 aliphatic heterocycles. The van der Waals surface area contributed by atoms with Crippen LogP contribution in [0, 0.1) is 17.7 Å². The predicted molar refractivity (Wildman–Crippen MR) is 185 cm³/mol. The molecule has 3 aromatic rings. The quantitative estimate of drug-likeness (QED) is 0.164. The molecule has 4 heterocycles. The second-order valence-electron chi connectivity index (χ2n) is 13.1. The van der Waals surface area contributed by atoms with Crippen LogP contribution < -0.4 is 26.6 Å². The number of amides is 1. The Labute approximate surface area is 271 Å². The highest BCUT2D eigenvalue weighted by molar-refractivity contribution is 6.09. The van der Waals surface area contributed by atoms with Crippen LogP contribution in [0.5, 0.6) is 0 Å². The molecule has 0 unspecified atom stereocenters. The maximum Gasteiger partial charge on any atom is 0.256 e. The summed E-state index contributed by atoms with van der Waals surface area (Å²) in [5, 5.41) is 17.4. The molecular formula is C33H48N12O. The van der Waals surface area contributed by atoms with Crippen molar-refractivity contribution in [3.63, 3.8) is 0 Å². The second-order valence-corrected chi connectivity index (χ2v) is 13.1. The van der Waals surface area contributed by atoms with Crippen LogP contribution in [0.2, 0.25) is 0 Å². The van der Waals surface area contributed by atoms with Crippen LogP contribution >= 0.6 is 0 Å². The van der Waals surface area contributed by atoms with Gasteiger partial charge in [-0.05, 0) is 76.1 Å². The molecule has 0 atom stereocenters. The number of benzene rings is 1. The number of rotatable bonds is 10. The number of allylic oxidation sites excluding steroid dienone is 1. The molecule has 0 radical (unpaired) electrons. The maximum absolute atomic E-state index is 13.0. The number of nitrogens with one attached hydrogen (secondary N) is 4. The first-order valence-electron chi connectivity index (χ1n) is 16.2. The number of likely N-dealkylation sites (tertiary alicyclic amines) is 1. The number of carbonyl (C=O) groups excluding carboxylic acids is 1. The van der Waals surface area contributed by atoms with Crippen molar-refractivity contribution in [1.29, 1.82) is 5.41 Å². The minimum Gasteiger partial charge on any atom is -0.401 e. The van der Waals surface area contributed by atoms with E-state index in [2.05, 4.69) is 40.6 Å². The van der Waals surface area contributed by atoms with Gasteiger partial charge in [-0.1, -0.05) is 26.8 Å². The van der Waals surface area contributed by atoms with E-state index in [9.17, 15) is 4.79 Å². The van der Waals surface area contributed by atoms with Gasteiger partial charge in [0.2, 0.25) is 5.95 Å². The Bertz CT molecular complexity index is 1580. The number of amidine groups is 1. The van der Waals surface area contributed by atoms with E-state index in [-0.39, 0.29) is 11.3 Å². The van der Waals surface area contributed by atoms with Gasteiger partial charge in [-0.15, -0.1) is 0 Å². The van der Waals surface area contributed by atoms with Gasteiger partial charge in [-0.3, -0.25) is 15.1 Å². The zero-order chi connectivity index (χ0) is 32.8. The third-order valence-electron chi connectivity index (χ3n) is 8.68. The third-order valence-corrected chi connectivity index (χ3v) is 8.68. The van der Waals surface area contributed by atoms with E-state index < -0.39 is 5.91 Å². The Hall–Kier alpha value is -4.36. The molecule has 0 aliphatic carbocycles.